The minimum absolute atomic E-state index is 0.657. The Morgan fingerprint density at radius 3 is 2.45 bits per heavy atom. The standard InChI is InChI=1S/C6H15O2PS2/c1-3-6(2)4-5-11-9(7,8)10/h6H,3-5H2,1-2H3,(H2,7,8,10). The maximum absolute atomic E-state index is 8.85. The van der Waals surface area contributed by atoms with Gasteiger partial charge in [0.1, 0.15) is 0 Å². The molecule has 5 heteroatoms. The lowest BCUT2D eigenvalue weighted by atomic mass is 10.1. The average molecular weight is 214 g/mol. The van der Waals surface area contributed by atoms with E-state index < -0.39 is 5.69 Å². The van der Waals surface area contributed by atoms with Crippen LogP contribution in [0, 0.1) is 5.92 Å². The number of hydrogen-bond donors (Lipinski definition) is 2. The summed E-state index contributed by atoms with van der Waals surface area (Å²) in [6, 6.07) is 0. The zero-order valence-electron chi connectivity index (χ0n) is 6.86. The predicted molar refractivity (Wildman–Crippen MR) is 55.3 cm³/mol. The zero-order valence-corrected chi connectivity index (χ0v) is 9.38. The first kappa shape index (κ1) is 11.9. The Labute approximate surface area is 77.3 Å². The van der Waals surface area contributed by atoms with Gasteiger partial charge in [-0.3, -0.25) is 0 Å². The maximum atomic E-state index is 8.85. The van der Waals surface area contributed by atoms with Gasteiger partial charge in [0.05, 0.1) is 0 Å². The SMILES string of the molecule is CCC(C)CCSP(O)(O)=S. The number of hydrogen-bond acceptors (Lipinski definition) is 2. The first-order valence-corrected chi connectivity index (χ1v) is 7.95. The van der Waals surface area contributed by atoms with Crippen LogP contribution in [-0.2, 0) is 11.8 Å². The summed E-state index contributed by atoms with van der Waals surface area (Å²) in [5.74, 6) is 1.42. The fourth-order valence-electron chi connectivity index (χ4n) is 0.577. The highest BCUT2D eigenvalue weighted by Crippen LogP contribution is 2.50. The van der Waals surface area contributed by atoms with Crippen LogP contribution >= 0.6 is 17.1 Å². The topological polar surface area (TPSA) is 40.5 Å². The van der Waals surface area contributed by atoms with Gasteiger partial charge in [-0.05, 0) is 24.1 Å². The molecular weight excluding hydrogens is 199 g/mol. The minimum Gasteiger partial charge on any atom is -0.338 e. The Morgan fingerprint density at radius 2 is 2.09 bits per heavy atom. The molecule has 11 heavy (non-hydrogen) atoms. The van der Waals surface area contributed by atoms with Crippen LogP contribution in [0.25, 0.3) is 0 Å². The van der Waals surface area contributed by atoms with Crippen LogP contribution in [0.4, 0.5) is 0 Å². The number of rotatable bonds is 5. The third-order valence-corrected chi connectivity index (χ3v) is 4.83. The first-order valence-electron chi connectivity index (χ1n) is 3.65. The van der Waals surface area contributed by atoms with E-state index >= 15 is 0 Å². The molecule has 0 aliphatic heterocycles. The molecule has 0 aromatic carbocycles. The highest BCUT2D eigenvalue weighted by atomic mass is 32.9. The van der Waals surface area contributed by atoms with Gasteiger partial charge in [0.2, 0.25) is 5.69 Å². The molecule has 1 atom stereocenters. The molecule has 2 N–H and O–H groups in total. The molecule has 0 heterocycles. The van der Waals surface area contributed by atoms with Gasteiger partial charge in [0.15, 0.2) is 0 Å². The molecule has 2 nitrogen and oxygen atoms in total. The van der Waals surface area contributed by atoms with Crippen molar-refractivity contribution in [3.63, 3.8) is 0 Å². The van der Waals surface area contributed by atoms with E-state index in [1.165, 1.54) is 0 Å². The molecule has 0 spiro atoms. The summed E-state index contributed by atoms with van der Waals surface area (Å²) in [7, 11) is 0. The van der Waals surface area contributed by atoms with Crippen LogP contribution in [0.15, 0.2) is 0 Å². The lowest BCUT2D eigenvalue weighted by molar-refractivity contribution is 0.501. The van der Waals surface area contributed by atoms with Crippen LogP contribution in [-0.4, -0.2) is 15.5 Å². The maximum Gasteiger partial charge on any atom is 0.242 e. The second kappa shape index (κ2) is 5.55. The van der Waals surface area contributed by atoms with Gasteiger partial charge in [0.25, 0.3) is 0 Å². The van der Waals surface area contributed by atoms with Gasteiger partial charge >= 0.3 is 0 Å². The Bertz CT molecular complexity index is 146. The Hall–Kier alpha value is 0.920. The van der Waals surface area contributed by atoms with E-state index in [1.807, 2.05) is 0 Å². The lowest BCUT2D eigenvalue weighted by Gasteiger charge is -2.09. The van der Waals surface area contributed by atoms with Crippen LogP contribution in [0.1, 0.15) is 26.7 Å². The summed E-state index contributed by atoms with van der Waals surface area (Å²) in [5, 5.41) is 0. The Morgan fingerprint density at radius 1 is 1.55 bits per heavy atom. The molecule has 1 unspecified atom stereocenters. The summed E-state index contributed by atoms with van der Waals surface area (Å²) in [5.41, 5.74) is -2.98. The van der Waals surface area contributed by atoms with Crippen molar-refractivity contribution in [2.75, 3.05) is 5.75 Å². The van der Waals surface area contributed by atoms with E-state index in [4.69, 9.17) is 9.79 Å². The molecule has 0 saturated heterocycles. The van der Waals surface area contributed by atoms with Gasteiger partial charge in [-0.1, -0.05) is 31.7 Å². The highest BCUT2D eigenvalue weighted by molar-refractivity contribution is 8.67. The summed E-state index contributed by atoms with van der Waals surface area (Å²) < 4.78 is 0. The quantitative estimate of drug-likeness (QED) is 0.689. The minimum atomic E-state index is -2.98. The van der Waals surface area contributed by atoms with Crippen molar-refractivity contribution in [1.29, 1.82) is 0 Å². The van der Waals surface area contributed by atoms with Crippen molar-refractivity contribution >= 4 is 28.9 Å². The summed E-state index contributed by atoms with van der Waals surface area (Å²) in [6.07, 6.45) is 2.15. The molecule has 0 aromatic rings. The molecule has 0 saturated carbocycles. The van der Waals surface area contributed by atoms with Crippen LogP contribution < -0.4 is 0 Å². The van der Waals surface area contributed by atoms with Crippen molar-refractivity contribution in [1.82, 2.24) is 0 Å². The normalized spacial score (nSPS) is 14.9. The zero-order chi connectivity index (χ0) is 8.91. The molecule has 0 aliphatic rings. The third kappa shape index (κ3) is 8.83. The van der Waals surface area contributed by atoms with E-state index in [0.29, 0.717) is 5.92 Å². The molecule has 0 rings (SSSR count). The molecule has 0 aromatic heterocycles. The van der Waals surface area contributed by atoms with Crippen molar-refractivity contribution < 1.29 is 9.79 Å². The fraction of sp³-hybridized carbons (Fsp3) is 1.00. The molecular formula is C6H15O2PS2. The largest absolute Gasteiger partial charge is 0.338 e. The van der Waals surface area contributed by atoms with Crippen LogP contribution in [0.3, 0.4) is 0 Å². The summed E-state index contributed by atoms with van der Waals surface area (Å²) in [4.78, 5) is 17.7. The van der Waals surface area contributed by atoms with Gasteiger partial charge in [-0.15, -0.1) is 0 Å². The van der Waals surface area contributed by atoms with Crippen LogP contribution in [0.5, 0.6) is 0 Å². The van der Waals surface area contributed by atoms with Crippen molar-refractivity contribution in [3.05, 3.63) is 0 Å². The van der Waals surface area contributed by atoms with E-state index in [-0.39, 0.29) is 0 Å². The molecule has 0 aliphatic carbocycles. The first-order chi connectivity index (χ1) is 4.95. The van der Waals surface area contributed by atoms with Crippen molar-refractivity contribution in [2.45, 2.75) is 26.7 Å². The molecule has 0 bridgehead atoms. The lowest BCUT2D eigenvalue weighted by Crippen LogP contribution is -1.93. The van der Waals surface area contributed by atoms with Crippen LogP contribution in [0.2, 0.25) is 0 Å². The second-order valence-electron chi connectivity index (χ2n) is 2.63. The van der Waals surface area contributed by atoms with E-state index in [9.17, 15) is 0 Å². The van der Waals surface area contributed by atoms with Gasteiger partial charge in [-0.2, -0.15) is 0 Å². The highest BCUT2D eigenvalue weighted by Gasteiger charge is 2.08. The molecule has 0 fully saturated rings. The van der Waals surface area contributed by atoms with E-state index in [1.54, 1.807) is 0 Å². The molecule has 68 valence electrons. The third-order valence-electron chi connectivity index (χ3n) is 1.57. The second-order valence-corrected chi connectivity index (χ2v) is 8.80. The van der Waals surface area contributed by atoms with Gasteiger partial charge < -0.3 is 9.79 Å². The van der Waals surface area contributed by atoms with E-state index in [0.717, 1.165) is 30.0 Å². The fourth-order valence-corrected chi connectivity index (χ4v) is 3.02. The van der Waals surface area contributed by atoms with Gasteiger partial charge in [0, 0.05) is 5.75 Å². The Balaban J connectivity index is 3.35. The Kier molecular flexibility index (Phi) is 6.01. The van der Waals surface area contributed by atoms with Gasteiger partial charge in [-0.25, -0.2) is 0 Å². The van der Waals surface area contributed by atoms with Crippen molar-refractivity contribution in [2.24, 2.45) is 5.92 Å². The predicted octanol–water partition coefficient (Wildman–Crippen LogP) is 2.36. The monoisotopic (exact) mass is 214 g/mol. The summed E-state index contributed by atoms with van der Waals surface area (Å²) >= 11 is 5.57. The molecule has 0 radical (unpaired) electrons. The van der Waals surface area contributed by atoms with Crippen molar-refractivity contribution in [3.8, 4) is 0 Å². The average Bonchev–Trinajstić information content (AvgIpc) is 1.85. The van der Waals surface area contributed by atoms with E-state index in [2.05, 4.69) is 25.7 Å². The smallest absolute Gasteiger partial charge is 0.242 e. The summed E-state index contributed by atoms with van der Waals surface area (Å²) in [6.45, 7) is 4.28. The molecule has 0 amide bonds.